The number of halogens is 3. The normalized spacial score (nSPS) is 11.8. The number of carboxylic acid groups (broad SMARTS) is 1. The van der Waals surface area contributed by atoms with Crippen LogP contribution in [-0.2, 0) is 0 Å². The zero-order chi connectivity index (χ0) is 13.5. The topological polar surface area (TPSA) is 59.7 Å². The number of aromatic carboxylic acids is 1. The summed E-state index contributed by atoms with van der Waals surface area (Å²) in [4.78, 5) is 10.9. The molecule has 1 N–H and O–H groups in total. The summed E-state index contributed by atoms with van der Waals surface area (Å²) in [5, 5.41) is 9.16. The van der Waals surface area contributed by atoms with E-state index in [2.05, 4.69) is 4.74 Å². The molecule has 2 aromatic rings. The molecule has 1 heterocycles. The minimum absolute atomic E-state index is 0.0227. The summed E-state index contributed by atoms with van der Waals surface area (Å²) in [5.74, 6) is -1.58. The van der Waals surface area contributed by atoms with Gasteiger partial charge in [-0.3, -0.25) is 0 Å². The number of carbonyl (C=O) groups is 1. The third-order valence-corrected chi connectivity index (χ3v) is 2.18. The lowest BCUT2D eigenvalue weighted by Gasteiger charge is -2.09. The van der Waals surface area contributed by atoms with Crippen molar-refractivity contribution in [2.24, 2.45) is 0 Å². The van der Waals surface area contributed by atoms with Crippen LogP contribution in [0.1, 0.15) is 16.1 Å². The molecule has 0 saturated heterocycles. The van der Waals surface area contributed by atoms with Crippen LogP contribution in [0, 0.1) is 6.92 Å². The van der Waals surface area contributed by atoms with Crippen LogP contribution < -0.4 is 4.74 Å². The number of benzene rings is 1. The van der Waals surface area contributed by atoms with Crippen molar-refractivity contribution in [2.45, 2.75) is 13.3 Å². The lowest BCUT2D eigenvalue weighted by atomic mass is 10.1. The molecule has 0 atom stereocenters. The predicted octanol–water partition coefficient (Wildman–Crippen LogP) is 3.34. The van der Waals surface area contributed by atoms with Crippen LogP contribution in [0.5, 0.6) is 5.75 Å². The molecule has 0 unspecified atom stereocenters. The van der Waals surface area contributed by atoms with Crippen molar-refractivity contribution in [2.75, 3.05) is 0 Å². The Morgan fingerprint density at radius 1 is 1.33 bits per heavy atom. The molecular formula is C11H7F3O4. The lowest BCUT2D eigenvalue weighted by Crippen LogP contribution is -2.17. The highest BCUT2D eigenvalue weighted by molar-refractivity contribution is 6.02. The van der Waals surface area contributed by atoms with Gasteiger partial charge in [-0.1, -0.05) is 0 Å². The highest BCUT2D eigenvalue weighted by Gasteiger charge is 2.32. The van der Waals surface area contributed by atoms with E-state index in [9.17, 15) is 18.0 Å². The summed E-state index contributed by atoms with van der Waals surface area (Å²) in [7, 11) is 0. The van der Waals surface area contributed by atoms with Crippen LogP contribution in [0.2, 0.25) is 0 Å². The molecule has 96 valence electrons. The van der Waals surface area contributed by atoms with Gasteiger partial charge in [0.25, 0.3) is 0 Å². The molecule has 18 heavy (non-hydrogen) atoms. The number of fused-ring (bicyclic) bond motifs is 1. The van der Waals surface area contributed by atoms with Gasteiger partial charge in [0, 0.05) is 5.39 Å². The Labute approximate surface area is 98.6 Å². The molecule has 1 aromatic heterocycles. The Morgan fingerprint density at radius 2 is 2.00 bits per heavy atom. The van der Waals surface area contributed by atoms with E-state index in [1.165, 1.54) is 6.07 Å². The molecule has 0 bridgehead atoms. The Bertz CT molecular complexity index is 613. The SMILES string of the molecule is Cc1cc2cc(OC(F)(F)F)cc(C(=O)O)c2o1. The second kappa shape index (κ2) is 3.94. The quantitative estimate of drug-likeness (QED) is 0.899. The molecule has 0 aliphatic rings. The van der Waals surface area contributed by atoms with Crippen molar-refractivity contribution in [3.63, 3.8) is 0 Å². The summed E-state index contributed by atoms with van der Waals surface area (Å²) in [6.45, 7) is 1.57. The Morgan fingerprint density at radius 3 is 2.56 bits per heavy atom. The van der Waals surface area contributed by atoms with E-state index in [1.54, 1.807) is 6.92 Å². The van der Waals surface area contributed by atoms with Crippen LogP contribution in [0.25, 0.3) is 11.0 Å². The number of aryl methyl sites for hydroxylation is 1. The van der Waals surface area contributed by atoms with Crippen molar-refractivity contribution < 1.29 is 32.2 Å². The molecule has 0 radical (unpaired) electrons. The van der Waals surface area contributed by atoms with Gasteiger partial charge in [-0.15, -0.1) is 13.2 Å². The highest BCUT2D eigenvalue weighted by atomic mass is 19.4. The summed E-state index contributed by atoms with van der Waals surface area (Å²) >= 11 is 0. The van der Waals surface area contributed by atoms with Crippen LogP contribution in [-0.4, -0.2) is 17.4 Å². The summed E-state index contributed by atoms with van der Waals surface area (Å²) in [5.41, 5.74) is -0.352. The van der Waals surface area contributed by atoms with Gasteiger partial charge < -0.3 is 14.3 Å². The molecule has 4 nitrogen and oxygen atoms in total. The fourth-order valence-electron chi connectivity index (χ4n) is 1.61. The van der Waals surface area contributed by atoms with E-state index in [4.69, 9.17) is 9.52 Å². The number of alkyl halides is 3. The molecule has 0 amide bonds. The number of ether oxygens (including phenoxy) is 1. The summed E-state index contributed by atoms with van der Waals surface area (Å²) < 4.78 is 45.1. The van der Waals surface area contributed by atoms with E-state index in [-0.39, 0.29) is 16.5 Å². The van der Waals surface area contributed by atoms with Gasteiger partial charge in [-0.05, 0) is 25.1 Å². The highest BCUT2D eigenvalue weighted by Crippen LogP contribution is 2.31. The maximum Gasteiger partial charge on any atom is 0.573 e. The van der Waals surface area contributed by atoms with E-state index in [1.807, 2.05) is 0 Å². The van der Waals surface area contributed by atoms with Crippen molar-refractivity contribution in [3.05, 3.63) is 29.5 Å². The van der Waals surface area contributed by atoms with Gasteiger partial charge in [0.15, 0.2) is 0 Å². The maximum absolute atomic E-state index is 12.1. The zero-order valence-electron chi connectivity index (χ0n) is 9.04. The lowest BCUT2D eigenvalue weighted by molar-refractivity contribution is -0.274. The monoisotopic (exact) mass is 260 g/mol. The van der Waals surface area contributed by atoms with Gasteiger partial charge in [-0.25, -0.2) is 4.79 Å². The minimum atomic E-state index is -4.87. The number of carboxylic acids is 1. The second-order valence-corrected chi connectivity index (χ2v) is 3.60. The molecule has 1 aromatic carbocycles. The summed E-state index contributed by atoms with van der Waals surface area (Å²) in [6, 6.07) is 3.29. The second-order valence-electron chi connectivity index (χ2n) is 3.60. The van der Waals surface area contributed by atoms with Crippen molar-refractivity contribution in [1.29, 1.82) is 0 Å². The van der Waals surface area contributed by atoms with E-state index in [0.717, 1.165) is 12.1 Å². The minimum Gasteiger partial charge on any atom is -0.478 e. The fraction of sp³-hybridized carbons (Fsp3) is 0.182. The molecule has 0 saturated carbocycles. The van der Waals surface area contributed by atoms with Gasteiger partial charge in [-0.2, -0.15) is 0 Å². The fourth-order valence-corrected chi connectivity index (χ4v) is 1.61. The van der Waals surface area contributed by atoms with Gasteiger partial charge in [0.2, 0.25) is 0 Å². The van der Waals surface area contributed by atoms with Crippen LogP contribution in [0.4, 0.5) is 13.2 Å². The van der Waals surface area contributed by atoms with Crippen molar-refractivity contribution in [3.8, 4) is 5.75 Å². The largest absolute Gasteiger partial charge is 0.573 e. The van der Waals surface area contributed by atoms with Crippen LogP contribution in [0.3, 0.4) is 0 Å². The Balaban J connectivity index is 2.60. The zero-order valence-corrected chi connectivity index (χ0v) is 9.04. The first kappa shape index (κ1) is 12.3. The molecule has 0 aliphatic carbocycles. The van der Waals surface area contributed by atoms with E-state index < -0.39 is 18.1 Å². The molecule has 7 heteroatoms. The van der Waals surface area contributed by atoms with Gasteiger partial charge >= 0.3 is 12.3 Å². The molecule has 0 fully saturated rings. The molecule has 0 spiro atoms. The molecular weight excluding hydrogens is 253 g/mol. The first-order chi connectivity index (χ1) is 8.26. The van der Waals surface area contributed by atoms with E-state index in [0.29, 0.717) is 5.76 Å². The molecule has 0 aliphatic heterocycles. The average Bonchev–Trinajstić information content (AvgIpc) is 2.53. The average molecular weight is 260 g/mol. The first-order valence-electron chi connectivity index (χ1n) is 4.79. The smallest absolute Gasteiger partial charge is 0.478 e. The maximum atomic E-state index is 12.1. The Hall–Kier alpha value is -2.18. The third kappa shape index (κ3) is 2.39. The number of hydrogen-bond acceptors (Lipinski definition) is 3. The van der Waals surface area contributed by atoms with Crippen molar-refractivity contribution in [1.82, 2.24) is 0 Å². The van der Waals surface area contributed by atoms with Crippen LogP contribution >= 0.6 is 0 Å². The Kier molecular flexibility index (Phi) is 2.68. The molecule has 2 rings (SSSR count). The number of rotatable bonds is 2. The first-order valence-corrected chi connectivity index (χ1v) is 4.79. The van der Waals surface area contributed by atoms with Gasteiger partial charge in [0.1, 0.15) is 22.7 Å². The van der Waals surface area contributed by atoms with Crippen LogP contribution in [0.15, 0.2) is 22.6 Å². The summed E-state index contributed by atoms with van der Waals surface area (Å²) in [6.07, 6.45) is -4.87. The van der Waals surface area contributed by atoms with E-state index >= 15 is 0 Å². The number of furan rings is 1. The van der Waals surface area contributed by atoms with Crippen molar-refractivity contribution >= 4 is 16.9 Å². The third-order valence-electron chi connectivity index (χ3n) is 2.18. The standard InChI is InChI=1S/C11H7F3O4/c1-5-2-6-3-7(18-11(12,13)14)4-8(10(15)16)9(6)17-5/h2-4H,1H3,(H,15,16). The number of hydrogen-bond donors (Lipinski definition) is 1. The predicted molar refractivity (Wildman–Crippen MR) is 54.6 cm³/mol. The van der Waals surface area contributed by atoms with Gasteiger partial charge in [0.05, 0.1) is 0 Å².